The number of methoxy groups -OCH3 is 3. The lowest BCUT2D eigenvalue weighted by Gasteiger charge is -2.30. The highest BCUT2D eigenvalue weighted by molar-refractivity contribution is 5.83. The maximum atomic E-state index is 12.9. The number of amides is 1. The Labute approximate surface area is 178 Å². The first-order valence-corrected chi connectivity index (χ1v) is 9.98. The van der Waals surface area contributed by atoms with Gasteiger partial charge in [0, 0.05) is 25.2 Å². The Morgan fingerprint density at radius 1 is 1.00 bits per heavy atom. The number of ether oxygens (including phenoxy) is 4. The van der Waals surface area contributed by atoms with Crippen molar-refractivity contribution in [3.63, 3.8) is 0 Å². The molecule has 1 aliphatic heterocycles. The van der Waals surface area contributed by atoms with Crippen LogP contribution < -0.4 is 18.9 Å². The van der Waals surface area contributed by atoms with Crippen molar-refractivity contribution in [1.82, 2.24) is 4.90 Å². The Bertz CT molecular complexity index is 912. The second-order valence-corrected chi connectivity index (χ2v) is 7.25. The van der Waals surface area contributed by atoms with E-state index in [-0.39, 0.29) is 5.91 Å². The minimum Gasteiger partial charge on any atom is -0.496 e. The molecular formula is C24H29NO5. The molecule has 1 heterocycles. The Morgan fingerprint density at radius 2 is 1.70 bits per heavy atom. The molecule has 0 spiro atoms. The SMILES string of the molecule is COc1cc(OC)c(C2=CCN(C(=O)[C@H](C)Oc3cccc(C)c3)CC2)c(OC)c1. The molecule has 30 heavy (non-hydrogen) atoms. The number of hydrogen-bond donors (Lipinski definition) is 0. The number of nitrogens with zero attached hydrogens (tertiary/aromatic N) is 1. The third-order valence-electron chi connectivity index (χ3n) is 5.21. The zero-order chi connectivity index (χ0) is 21.7. The van der Waals surface area contributed by atoms with Crippen molar-refractivity contribution in [2.45, 2.75) is 26.4 Å². The molecule has 0 fully saturated rings. The predicted molar refractivity (Wildman–Crippen MR) is 117 cm³/mol. The van der Waals surface area contributed by atoms with E-state index in [1.54, 1.807) is 28.3 Å². The summed E-state index contributed by atoms with van der Waals surface area (Å²) in [6.45, 7) is 4.90. The normalized spacial score (nSPS) is 14.6. The van der Waals surface area contributed by atoms with E-state index >= 15 is 0 Å². The third-order valence-corrected chi connectivity index (χ3v) is 5.21. The topological polar surface area (TPSA) is 57.2 Å². The average molecular weight is 411 g/mol. The van der Waals surface area contributed by atoms with E-state index in [1.807, 2.05) is 54.3 Å². The molecule has 0 radical (unpaired) electrons. The van der Waals surface area contributed by atoms with Crippen molar-refractivity contribution in [3.8, 4) is 23.0 Å². The van der Waals surface area contributed by atoms with Crippen LogP contribution in [0.4, 0.5) is 0 Å². The van der Waals surface area contributed by atoms with Gasteiger partial charge in [0.1, 0.15) is 23.0 Å². The van der Waals surface area contributed by atoms with Crippen molar-refractivity contribution in [1.29, 1.82) is 0 Å². The number of carbonyl (C=O) groups is 1. The molecule has 0 saturated heterocycles. The molecule has 160 valence electrons. The number of hydrogen-bond acceptors (Lipinski definition) is 5. The lowest BCUT2D eigenvalue weighted by Crippen LogP contribution is -2.42. The minimum atomic E-state index is -0.549. The van der Waals surface area contributed by atoms with E-state index in [1.165, 1.54) is 0 Å². The number of benzene rings is 2. The van der Waals surface area contributed by atoms with Gasteiger partial charge in [0.05, 0.1) is 26.9 Å². The van der Waals surface area contributed by atoms with Gasteiger partial charge in [-0.2, -0.15) is 0 Å². The second kappa shape index (κ2) is 9.57. The highest BCUT2D eigenvalue weighted by Crippen LogP contribution is 2.40. The Kier molecular flexibility index (Phi) is 6.87. The standard InChI is InChI=1S/C24H29NO5/c1-16-7-6-8-19(13-16)30-17(2)24(26)25-11-9-18(10-12-25)23-21(28-4)14-20(27-3)15-22(23)29-5/h6-9,13-15,17H,10-12H2,1-5H3/t17-/m0/s1. The quantitative estimate of drug-likeness (QED) is 0.686. The van der Waals surface area contributed by atoms with Crippen molar-refractivity contribution in [3.05, 3.63) is 53.6 Å². The summed E-state index contributed by atoms with van der Waals surface area (Å²) < 4.78 is 22.3. The molecule has 6 nitrogen and oxygen atoms in total. The van der Waals surface area contributed by atoms with Crippen molar-refractivity contribution < 1.29 is 23.7 Å². The molecule has 0 N–H and O–H groups in total. The van der Waals surface area contributed by atoms with Gasteiger partial charge in [-0.1, -0.05) is 18.2 Å². The van der Waals surface area contributed by atoms with Crippen molar-refractivity contribution in [2.24, 2.45) is 0 Å². The van der Waals surface area contributed by atoms with Gasteiger partial charge < -0.3 is 23.8 Å². The molecule has 0 saturated carbocycles. The smallest absolute Gasteiger partial charge is 0.263 e. The van der Waals surface area contributed by atoms with Crippen LogP contribution in [0, 0.1) is 6.92 Å². The molecule has 0 unspecified atom stereocenters. The van der Waals surface area contributed by atoms with E-state index in [4.69, 9.17) is 18.9 Å². The van der Waals surface area contributed by atoms with Crippen LogP contribution in [-0.2, 0) is 4.79 Å². The Balaban J connectivity index is 1.74. The van der Waals surface area contributed by atoms with E-state index in [9.17, 15) is 4.79 Å². The number of rotatable bonds is 7. The van der Waals surface area contributed by atoms with Crippen LogP contribution in [0.3, 0.4) is 0 Å². The molecule has 6 heteroatoms. The summed E-state index contributed by atoms with van der Waals surface area (Å²) in [7, 11) is 4.86. The van der Waals surface area contributed by atoms with Crippen LogP contribution in [0.15, 0.2) is 42.5 Å². The summed E-state index contributed by atoms with van der Waals surface area (Å²) in [4.78, 5) is 14.7. The Hall–Kier alpha value is -3.15. The first kappa shape index (κ1) is 21.6. The molecule has 3 rings (SSSR count). The van der Waals surface area contributed by atoms with Gasteiger partial charge in [0.15, 0.2) is 6.10 Å². The van der Waals surface area contributed by atoms with E-state index < -0.39 is 6.10 Å². The fourth-order valence-corrected chi connectivity index (χ4v) is 3.62. The highest BCUT2D eigenvalue weighted by Gasteiger charge is 2.26. The maximum Gasteiger partial charge on any atom is 0.263 e. The molecule has 2 aromatic rings. The van der Waals surface area contributed by atoms with Gasteiger partial charge in [0.2, 0.25) is 0 Å². The summed E-state index contributed by atoms with van der Waals surface area (Å²) in [5, 5.41) is 0. The van der Waals surface area contributed by atoms with Crippen LogP contribution in [-0.4, -0.2) is 51.3 Å². The zero-order valence-corrected chi connectivity index (χ0v) is 18.2. The van der Waals surface area contributed by atoms with Gasteiger partial charge in [0.25, 0.3) is 5.91 Å². The largest absolute Gasteiger partial charge is 0.496 e. The zero-order valence-electron chi connectivity index (χ0n) is 18.2. The minimum absolute atomic E-state index is 0.0273. The maximum absolute atomic E-state index is 12.9. The summed E-state index contributed by atoms with van der Waals surface area (Å²) in [5.41, 5.74) is 3.08. The van der Waals surface area contributed by atoms with Crippen molar-refractivity contribution >= 4 is 11.5 Å². The first-order valence-electron chi connectivity index (χ1n) is 9.98. The monoisotopic (exact) mass is 411 g/mol. The molecule has 1 atom stereocenters. The Morgan fingerprint density at radius 3 is 2.23 bits per heavy atom. The summed E-state index contributed by atoms with van der Waals surface area (Å²) in [5.74, 6) is 2.72. The first-order chi connectivity index (χ1) is 14.5. The lowest BCUT2D eigenvalue weighted by atomic mass is 9.97. The van der Waals surface area contributed by atoms with Gasteiger partial charge in [-0.15, -0.1) is 0 Å². The van der Waals surface area contributed by atoms with E-state index in [2.05, 4.69) is 0 Å². The highest BCUT2D eigenvalue weighted by atomic mass is 16.5. The van der Waals surface area contributed by atoms with Crippen LogP contribution in [0.1, 0.15) is 24.5 Å². The fraction of sp³-hybridized carbons (Fsp3) is 0.375. The van der Waals surface area contributed by atoms with Crippen LogP contribution in [0.25, 0.3) is 5.57 Å². The number of aryl methyl sites for hydroxylation is 1. The number of carbonyl (C=O) groups excluding carboxylic acids is 1. The summed E-state index contributed by atoms with van der Waals surface area (Å²) in [6, 6.07) is 11.4. The van der Waals surface area contributed by atoms with Crippen LogP contribution in [0.5, 0.6) is 23.0 Å². The fourth-order valence-electron chi connectivity index (χ4n) is 3.62. The van der Waals surface area contributed by atoms with E-state index in [0.717, 1.165) is 16.7 Å². The second-order valence-electron chi connectivity index (χ2n) is 7.25. The summed E-state index contributed by atoms with van der Waals surface area (Å²) in [6.07, 6.45) is 2.20. The van der Waals surface area contributed by atoms with Crippen LogP contribution in [0.2, 0.25) is 0 Å². The molecule has 1 aliphatic rings. The molecule has 0 aromatic heterocycles. The predicted octanol–water partition coefficient (Wildman–Crippen LogP) is 4.10. The molecule has 0 bridgehead atoms. The van der Waals surface area contributed by atoms with Gasteiger partial charge in [-0.25, -0.2) is 0 Å². The molecule has 0 aliphatic carbocycles. The van der Waals surface area contributed by atoms with Gasteiger partial charge in [-0.3, -0.25) is 4.79 Å². The molecule has 1 amide bonds. The lowest BCUT2D eigenvalue weighted by molar-refractivity contribution is -0.137. The van der Waals surface area contributed by atoms with Gasteiger partial charge in [-0.05, 0) is 43.5 Å². The van der Waals surface area contributed by atoms with Gasteiger partial charge >= 0.3 is 0 Å². The third kappa shape index (κ3) is 4.70. The molecule has 2 aromatic carbocycles. The summed E-state index contributed by atoms with van der Waals surface area (Å²) >= 11 is 0. The average Bonchev–Trinajstić information content (AvgIpc) is 2.77. The van der Waals surface area contributed by atoms with Crippen LogP contribution >= 0.6 is 0 Å². The van der Waals surface area contributed by atoms with Crippen molar-refractivity contribution in [2.75, 3.05) is 34.4 Å². The van der Waals surface area contributed by atoms with E-state index in [0.29, 0.717) is 42.5 Å². The molecular weight excluding hydrogens is 382 g/mol.